The van der Waals surface area contributed by atoms with Crippen molar-refractivity contribution in [1.29, 1.82) is 5.41 Å². The van der Waals surface area contributed by atoms with Crippen molar-refractivity contribution < 1.29 is 4.79 Å². The summed E-state index contributed by atoms with van der Waals surface area (Å²) in [7, 11) is 0. The number of likely N-dealkylation sites (tertiary alicyclic amines) is 1. The Morgan fingerprint density at radius 2 is 1.93 bits per heavy atom. The largest absolute Gasteiger partial charge is 0.384 e. The van der Waals surface area contributed by atoms with Gasteiger partial charge in [0.25, 0.3) is 5.91 Å². The summed E-state index contributed by atoms with van der Waals surface area (Å²) in [5.41, 5.74) is 11.2. The lowest BCUT2D eigenvalue weighted by Gasteiger charge is -2.18. The maximum atomic E-state index is 12.7. The summed E-state index contributed by atoms with van der Waals surface area (Å²) >= 11 is 0. The van der Waals surface area contributed by atoms with Gasteiger partial charge < -0.3 is 16.0 Å². The number of nitrogens with one attached hydrogen (secondary N) is 2. The van der Waals surface area contributed by atoms with Crippen molar-refractivity contribution in [2.24, 2.45) is 5.73 Å². The van der Waals surface area contributed by atoms with Crippen LogP contribution in [-0.2, 0) is 0 Å². The fourth-order valence-corrected chi connectivity index (χ4v) is 3.50. The second-order valence-electron chi connectivity index (χ2n) is 7.30. The maximum Gasteiger partial charge on any atom is 0.254 e. The summed E-state index contributed by atoms with van der Waals surface area (Å²) in [5, 5.41) is 10.8. The SMILES string of the molecule is Cc1cc(C(=O)N2CCCC2)c(C)cc1/C=C/CNc1cccc(C(=N)N)c1. The Kier molecular flexibility index (Phi) is 6.14. The van der Waals surface area contributed by atoms with E-state index in [4.69, 9.17) is 11.1 Å². The number of nitrogen functional groups attached to an aromatic ring is 1. The molecule has 1 aliphatic heterocycles. The van der Waals surface area contributed by atoms with Crippen LogP contribution < -0.4 is 11.1 Å². The number of benzene rings is 2. The number of rotatable bonds is 6. The van der Waals surface area contributed by atoms with E-state index in [2.05, 4.69) is 23.5 Å². The maximum absolute atomic E-state index is 12.7. The molecule has 0 radical (unpaired) electrons. The minimum atomic E-state index is 0.0638. The molecule has 1 aliphatic rings. The molecule has 0 saturated carbocycles. The molecule has 0 atom stereocenters. The summed E-state index contributed by atoms with van der Waals surface area (Å²) in [5.74, 6) is 0.217. The van der Waals surface area contributed by atoms with Crippen LogP contribution >= 0.6 is 0 Å². The van der Waals surface area contributed by atoms with Gasteiger partial charge in [-0.15, -0.1) is 0 Å². The first-order chi connectivity index (χ1) is 13.5. The number of anilines is 1. The quantitative estimate of drug-likeness (QED) is 0.527. The summed E-state index contributed by atoms with van der Waals surface area (Å²) < 4.78 is 0. The average Bonchev–Trinajstić information content (AvgIpc) is 3.22. The van der Waals surface area contributed by atoms with Crippen LogP contribution in [0, 0.1) is 19.3 Å². The molecule has 4 N–H and O–H groups in total. The summed E-state index contributed by atoms with van der Waals surface area (Å²) in [6.07, 6.45) is 6.35. The van der Waals surface area contributed by atoms with E-state index >= 15 is 0 Å². The standard InChI is InChI=1S/C23H28N4O/c1-16-14-21(23(28)27-11-3-4-12-27)17(2)13-18(16)8-6-10-26-20-9-5-7-19(15-20)22(24)25/h5-9,13-15,26H,3-4,10-12H2,1-2H3,(H3,24,25)/b8-6+. The van der Waals surface area contributed by atoms with Crippen molar-refractivity contribution >= 4 is 23.5 Å². The van der Waals surface area contributed by atoms with Crippen molar-refractivity contribution in [3.8, 4) is 0 Å². The summed E-state index contributed by atoms with van der Waals surface area (Å²) in [6, 6.07) is 11.6. The van der Waals surface area contributed by atoms with Gasteiger partial charge in [-0.1, -0.05) is 30.4 Å². The number of hydrogen-bond acceptors (Lipinski definition) is 3. The van der Waals surface area contributed by atoms with Crippen LogP contribution in [0.2, 0.25) is 0 Å². The van der Waals surface area contributed by atoms with Crippen LogP contribution in [0.25, 0.3) is 6.08 Å². The van der Waals surface area contributed by atoms with Gasteiger partial charge in [0.15, 0.2) is 0 Å². The second-order valence-corrected chi connectivity index (χ2v) is 7.30. The van der Waals surface area contributed by atoms with E-state index in [1.807, 2.05) is 49.1 Å². The van der Waals surface area contributed by atoms with Gasteiger partial charge in [-0.2, -0.15) is 0 Å². The lowest BCUT2D eigenvalue weighted by Crippen LogP contribution is -2.28. The number of amidine groups is 1. The predicted molar refractivity (Wildman–Crippen MR) is 116 cm³/mol. The van der Waals surface area contributed by atoms with E-state index in [1.165, 1.54) is 0 Å². The van der Waals surface area contributed by atoms with Crippen LogP contribution in [0.3, 0.4) is 0 Å². The van der Waals surface area contributed by atoms with Crippen molar-refractivity contribution in [1.82, 2.24) is 4.90 Å². The molecule has 1 saturated heterocycles. The van der Waals surface area contributed by atoms with Crippen molar-refractivity contribution in [3.63, 3.8) is 0 Å². The number of nitrogens with two attached hydrogens (primary N) is 1. The normalized spacial score (nSPS) is 13.9. The highest BCUT2D eigenvalue weighted by Crippen LogP contribution is 2.21. The molecule has 5 nitrogen and oxygen atoms in total. The molecule has 0 aromatic heterocycles. The van der Waals surface area contributed by atoms with Crippen molar-refractivity contribution in [3.05, 3.63) is 70.3 Å². The van der Waals surface area contributed by atoms with E-state index in [9.17, 15) is 4.79 Å². The first-order valence-electron chi connectivity index (χ1n) is 9.71. The number of amides is 1. The molecule has 1 heterocycles. The number of aryl methyl sites for hydroxylation is 2. The number of hydrogen-bond donors (Lipinski definition) is 3. The van der Waals surface area contributed by atoms with Crippen LogP contribution in [0.1, 0.15) is 45.5 Å². The zero-order chi connectivity index (χ0) is 20.1. The van der Waals surface area contributed by atoms with E-state index in [-0.39, 0.29) is 11.7 Å². The third kappa shape index (κ3) is 4.60. The highest BCUT2D eigenvalue weighted by molar-refractivity contribution is 5.96. The van der Waals surface area contributed by atoms with Gasteiger partial charge in [0.1, 0.15) is 5.84 Å². The Morgan fingerprint density at radius 1 is 1.18 bits per heavy atom. The van der Waals surface area contributed by atoms with Gasteiger partial charge in [-0.3, -0.25) is 10.2 Å². The smallest absolute Gasteiger partial charge is 0.254 e. The van der Waals surface area contributed by atoms with Gasteiger partial charge in [0, 0.05) is 36.4 Å². The summed E-state index contributed by atoms with van der Waals surface area (Å²) in [6.45, 7) is 6.45. The Morgan fingerprint density at radius 3 is 2.64 bits per heavy atom. The second kappa shape index (κ2) is 8.74. The predicted octanol–water partition coefficient (Wildman–Crippen LogP) is 3.95. The highest BCUT2D eigenvalue weighted by Gasteiger charge is 2.21. The molecule has 28 heavy (non-hydrogen) atoms. The molecule has 0 aliphatic carbocycles. The van der Waals surface area contributed by atoms with Gasteiger partial charge in [-0.25, -0.2) is 0 Å². The first-order valence-corrected chi connectivity index (χ1v) is 9.71. The van der Waals surface area contributed by atoms with Crippen LogP contribution in [0.15, 0.2) is 42.5 Å². The van der Waals surface area contributed by atoms with Gasteiger partial charge in [0.2, 0.25) is 0 Å². The molecular weight excluding hydrogens is 348 g/mol. The van der Waals surface area contributed by atoms with Crippen molar-refractivity contribution in [2.45, 2.75) is 26.7 Å². The average molecular weight is 377 g/mol. The Hall–Kier alpha value is -3.08. The number of nitrogens with zero attached hydrogens (tertiary/aromatic N) is 1. The molecule has 3 rings (SSSR count). The third-order valence-electron chi connectivity index (χ3n) is 5.13. The van der Waals surface area contributed by atoms with Gasteiger partial charge >= 0.3 is 0 Å². The third-order valence-corrected chi connectivity index (χ3v) is 5.13. The molecule has 5 heteroatoms. The van der Waals surface area contributed by atoms with Crippen LogP contribution in [0.4, 0.5) is 5.69 Å². The Balaban J connectivity index is 1.65. The molecule has 0 unspecified atom stereocenters. The minimum Gasteiger partial charge on any atom is -0.384 e. The first kappa shape index (κ1) is 19.7. The molecular formula is C23H28N4O. The number of carbonyl (C=O) groups excluding carboxylic acids is 1. The fourth-order valence-electron chi connectivity index (χ4n) is 3.50. The van der Waals surface area contributed by atoms with E-state index in [0.29, 0.717) is 12.1 Å². The molecule has 0 spiro atoms. The molecule has 1 amide bonds. The number of carbonyl (C=O) groups is 1. The fraction of sp³-hybridized carbons (Fsp3) is 0.304. The lowest BCUT2D eigenvalue weighted by molar-refractivity contribution is 0.0792. The van der Waals surface area contributed by atoms with Crippen molar-refractivity contribution in [2.75, 3.05) is 25.0 Å². The van der Waals surface area contributed by atoms with Crippen LogP contribution in [-0.4, -0.2) is 36.3 Å². The Labute approximate surface area is 166 Å². The van der Waals surface area contributed by atoms with Gasteiger partial charge in [0.05, 0.1) is 0 Å². The summed E-state index contributed by atoms with van der Waals surface area (Å²) in [4.78, 5) is 14.7. The minimum absolute atomic E-state index is 0.0638. The van der Waals surface area contributed by atoms with Crippen LogP contribution in [0.5, 0.6) is 0 Å². The van der Waals surface area contributed by atoms with Gasteiger partial charge in [-0.05, 0) is 61.6 Å². The zero-order valence-corrected chi connectivity index (χ0v) is 16.6. The van der Waals surface area contributed by atoms with E-state index in [1.54, 1.807) is 0 Å². The topological polar surface area (TPSA) is 82.2 Å². The monoisotopic (exact) mass is 376 g/mol. The Bertz CT molecular complexity index is 911. The molecule has 2 aromatic carbocycles. The molecule has 1 fully saturated rings. The van der Waals surface area contributed by atoms with E-state index < -0.39 is 0 Å². The molecule has 2 aromatic rings. The molecule has 146 valence electrons. The van der Waals surface area contributed by atoms with E-state index in [0.717, 1.165) is 53.9 Å². The zero-order valence-electron chi connectivity index (χ0n) is 16.6. The highest BCUT2D eigenvalue weighted by atomic mass is 16.2. The lowest BCUT2D eigenvalue weighted by atomic mass is 9.98. The molecule has 0 bridgehead atoms.